The standard InChI is InChI=1S/C16H21N3S/c1-4-16(3,5-2)19-14-11-8-6-7-9-13(11)18-10-12(14)15(17)20/h6-10H,4-5H2,1-3H3,(H2,17,20)(H,18,19). The van der Waals surface area contributed by atoms with Crippen molar-refractivity contribution < 1.29 is 0 Å². The largest absolute Gasteiger partial charge is 0.389 e. The molecule has 4 heteroatoms. The van der Waals surface area contributed by atoms with Crippen LogP contribution < -0.4 is 11.1 Å². The fourth-order valence-corrected chi connectivity index (χ4v) is 2.35. The summed E-state index contributed by atoms with van der Waals surface area (Å²) in [6.45, 7) is 6.58. The number of nitrogens with one attached hydrogen (secondary N) is 1. The summed E-state index contributed by atoms with van der Waals surface area (Å²) in [4.78, 5) is 4.81. The fourth-order valence-electron chi connectivity index (χ4n) is 2.19. The molecule has 0 aliphatic rings. The van der Waals surface area contributed by atoms with Crippen LogP contribution in [0, 0.1) is 0 Å². The first-order chi connectivity index (χ1) is 9.50. The molecule has 0 fully saturated rings. The third-order valence-corrected chi connectivity index (χ3v) is 4.25. The number of aromatic nitrogens is 1. The minimum Gasteiger partial charge on any atom is -0.389 e. The lowest BCUT2D eigenvalue weighted by Gasteiger charge is -2.31. The molecule has 1 heterocycles. The molecule has 3 N–H and O–H groups in total. The predicted molar refractivity (Wildman–Crippen MR) is 90.2 cm³/mol. The maximum absolute atomic E-state index is 5.86. The van der Waals surface area contributed by atoms with Crippen LogP contribution in [0.15, 0.2) is 30.5 Å². The van der Waals surface area contributed by atoms with Crippen molar-refractivity contribution in [2.75, 3.05) is 5.32 Å². The van der Waals surface area contributed by atoms with E-state index in [1.165, 1.54) is 0 Å². The first-order valence-electron chi connectivity index (χ1n) is 6.96. The number of hydrogen-bond acceptors (Lipinski definition) is 3. The number of anilines is 1. The predicted octanol–water partition coefficient (Wildman–Crippen LogP) is 3.86. The van der Waals surface area contributed by atoms with Gasteiger partial charge < -0.3 is 11.1 Å². The molecule has 106 valence electrons. The quantitative estimate of drug-likeness (QED) is 0.820. The zero-order chi connectivity index (χ0) is 14.8. The molecule has 0 unspecified atom stereocenters. The molecule has 1 aromatic heterocycles. The number of benzene rings is 1. The van der Waals surface area contributed by atoms with Crippen molar-refractivity contribution in [1.82, 2.24) is 4.98 Å². The Labute approximate surface area is 125 Å². The molecule has 0 aliphatic carbocycles. The van der Waals surface area contributed by atoms with Crippen LogP contribution >= 0.6 is 12.2 Å². The van der Waals surface area contributed by atoms with Crippen LogP contribution in [-0.2, 0) is 0 Å². The van der Waals surface area contributed by atoms with E-state index >= 15 is 0 Å². The molecule has 0 atom stereocenters. The summed E-state index contributed by atoms with van der Waals surface area (Å²) in [5.41, 5.74) is 8.63. The molecule has 0 saturated heterocycles. The Hall–Kier alpha value is -1.68. The average Bonchev–Trinajstić information content (AvgIpc) is 2.47. The van der Waals surface area contributed by atoms with Crippen molar-refractivity contribution in [3.8, 4) is 0 Å². The van der Waals surface area contributed by atoms with Gasteiger partial charge in [0.1, 0.15) is 4.99 Å². The van der Waals surface area contributed by atoms with E-state index in [2.05, 4.69) is 37.1 Å². The van der Waals surface area contributed by atoms with Crippen molar-refractivity contribution in [2.24, 2.45) is 5.73 Å². The van der Waals surface area contributed by atoms with Gasteiger partial charge in [0.15, 0.2) is 0 Å². The zero-order valence-electron chi connectivity index (χ0n) is 12.2. The summed E-state index contributed by atoms with van der Waals surface area (Å²) in [6.07, 6.45) is 3.81. The van der Waals surface area contributed by atoms with Crippen LogP contribution in [-0.4, -0.2) is 15.5 Å². The molecule has 3 nitrogen and oxygen atoms in total. The second kappa shape index (κ2) is 5.75. The number of nitrogens with two attached hydrogens (primary N) is 1. The van der Waals surface area contributed by atoms with Gasteiger partial charge in [-0.05, 0) is 25.8 Å². The van der Waals surface area contributed by atoms with Gasteiger partial charge in [0.2, 0.25) is 0 Å². The minimum absolute atomic E-state index is 0.0175. The van der Waals surface area contributed by atoms with Gasteiger partial charge in [-0.25, -0.2) is 0 Å². The lowest BCUT2D eigenvalue weighted by Crippen LogP contribution is -2.34. The van der Waals surface area contributed by atoms with E-state index in [0.29, 0.717) is 4.99 Å². The second-order valence-electron chi connectivity index (χ2n) is 5.32. The third-order valence-electron chi connectivity index (χ3n) is 4.03. The first kappa shape index (κ1) is 14.7. The first-order valence-corrected chi connectivity index (χ1v) is 7.37. The normalized spacial score (nSPS) is 11.6. The molecule has 0 radical (unpaired) electrons. The van der Waals surface area contributed by atoms with E-state index in [1.807, 2.05) is 18.2 Å². The summed E-state index contributed by atoms with van der Waals surface area (Å²) in [7, 11) is 0. The molecule has 20 heavy (non-hydrogen) atoms. The van der Waals surface area contributed by atoms with Gasteiger partial charge in [0.05, 0.1) is 16.8 Å². The maximum atomic E-state index is 5.86. The Balaban J connectivity index is 2.64. The van der Waals surface area contributed by atoms with Crippen molar-refractivity contribution >= 4 is 33.8 Å². The Kier molecular flexibility index (Phi) is 4.23. The van der Waals surface area contributed by atoms with E-state index < -0.39 is 0 Å². The zero-order valence-corrected chi connectivity index (χ0v) is 13.1. The number of pyridine rings is 1. The van der Waals surface area contributed by atoms with Crippen molar-refractivity contribution in [1.29, 1.82) is 0 Å². The summed E-state index contributed by atoms with van der Waals surface area (Å²) in [5.74, 6) is 0. The number of rotatable bonds is 5. The van der Waals surface area contributed by atoms with E-state index in [-0.39, 0.29) is 5.54 Å². The number of fused-ring (bicyclic) bond motifs is 1. The van der Waals surface area contributed by atoms with Crippen LogP contribution in [0.1, 0.15) is 39.2 Å². The van der Waals surface area contributed by atoms with E-state index in [9.17, 15) is 0 Å². The fraction of sp³-hybridized carbons (Fsp3) is 0.375. The number of thiocarbonyl (C=S) groups is 1. The highest BCUT2D eigenvalue weighted by Crippen LogP contribution is 2.30. The SMILES string of the molecule is CCC(C)(CC)Nc1c(C(N)=S)cnc2ccccc12. The van der Waals surface area contributed by atoms with Gasteiger partial charge >= 0.3 is 0 Å². The molecule has 0 bridgehead atoms. The van der Waals surface area contributed by atoms with Gasteiger partial charge in [0.25, 0.3) is 0 Å². The second-order valence-corrected chi connectivity index (χ2v) is 5.76. The van der Waals surface area contributed by atoms with Gasteiger partial charge in [-0.15, -0.1) is 0 Å². The molecular weight excluding hydrogens is 266 g/mol. The highest BCUT2D eigenvalue weighted by atomic mass is 32.1. The highest BCUT2D eigenvalue weighted by Gasteiger charge is 2.22. The maximum Gasteiger partial charge on any atom is 0.107 e. The van der Waals surface area contributed by atoms with E-state index in [1.54, 1.807) is 6.20 Å². The Morgan fingerprint density at radius 1 is 1.30 bits per heavy atom. The monoisotopic (exact) mass is 287 g/mol. The lowest BCUT2D eigenvalue weighted by molar-refractivity contribution is 0.479. The number of para-hydroxylation sites is 1. The van der Waals surface area contributed by atoms with Gasteiger partial charge in [0, 0.05) is 17.1 Å². The van der Waals surface area contributed by atoms with Crippen LogP contribution in [0.4, 0.5) is 5.69 Å². The summed E-state index contributed by atoms with van der Waals surface area (Å²) < 4.78 is 0. The Bertz CT molecular complexity index is 633. The highest BCUT2D eigenvalue weighted by molar-refractivity contribution is 7.80. The van der Waals surface area contributed by atoms with Crippen LogP contribution in [0.5, 0.6) is 0 Å². The van der Waals surface area contributed by atoms with E-state index in [4.69, 9.17) is 18.0 Å². The Morgan fingerprint density at radius 2 is 1.95 bits per heavy atom. The van der Waals surface area contributed by atoms with Crippen LogP contribution in [0.2, 0.25) is 0 Å². The van der Waals surface area contributed by atoms with Gasteiger partial charge in [-0.1, -0.05) is 44.3 Å². The molecule has 1 aromatic carbocycles. The van der Waals surface area contributed by atoms with Crippen LogP contribution in [0.3, 0.4) is 0 Å². The lowest BCUT2D eigenvalue weighted by atomic mass is 9.94. The van der Waals surface area contributed by atoms with E-state index in [0.717, 1.165) is 35.0 Å². The molecule has 0 spiro atoms. The van der Waals surface area contributed by atoms with Crippen molar-refractivity contribution in [2.45, 2.75) is 39.2 Å². The number of nitrogens with zero attached hydrogens (tertiary/aromatic N) is 1. The topological polar surface area (TPSA) is 50.9 Å². The molecule has 0 amide bonds. The number of hydrogen-bond donors (Lipinski definition) is 2. The molecule has 2 rings (SSSR count). The van der Waals surface area contributed by atoms with Crippen molar-refractivity contribution in [3.63, 3.8) is 0 Å². The molecule has 0 aliphatic heterocycles. The van der Waals surface area contributed by atoms with Crippen LogP contribution in [0.25, 0.3) is 10.9 Å². The third kappa shape index (κ3) is 2.75. The van der Waals surface area contributed by atoms with Gasteiger partial charge in [-0.3, -0.25) is 4.98 Å². The van der Waals surface area contributed by atoms with Crippen molar-refractivity contribution in [3.05, 3.63) is 36.0 Å². The average molecular weight is 287 g/mol. The smallest absolute Gasteiger partial charge is 0.107 e. The summed E-state index contributed by atoms with van der Waals surface area (Å²) >= 11 is 5.17. The summed E-state index contributed by atoms with van der Waals surface area (Å²) in [6, 6.07) is 8.05. The summed E-state index contributed by atoms with van der Waals surface area (Å²) in [5, 5.41) is 4.70. The molecular formula is C16H21N3S. The van der Waals surface area contributed by atoms with Gasteiger partial charge in [-0.2, -0.15) is 0 Å². The molecule has 0 saturated carbocycles. The minimum atomic E-state index is 0.0175. The molecule has 2 aromatic rings. The Morgan fingerprint density at radius 3 is 2.55 bits per heavy atom.